The Kier molecular flexibility index (Phi) is 15.9. The van der Waals surface area contributed by atoms with Gasteiger partial charge in [-0.05, 0) is 135 Å². The average Bonchev–Trinajstić information content (AvgIpc) is 3.57. The van der Waals surface area contributed by atoms with Crippen molar-refractivity contribution in [2.24, 2.45) is 0 Å². The van der Waals surface area contributed by atoms with Gasteiger partial charge < -0.3 is 23.6 Å². The summed E-state index contributed by atoms with van der Waals surface area (Å²) in [6.45, 7) is 35.5. The van der Waals surface area contributed by atoms with Crippen molar-refractivity contribution in [1.82, 2.24) is 14.5 Å². The van der Waals surface area contributed by atoms with Crippen LogP contribution in [-0.4, -0.2) is 80.9 Å². The first kappa shape index (κ1) is 48.3. The van der Waals surface area contributed by atoms with E-state index in [-0.39, 0.29) is 10.1 Å². The van der Waals surface area contributed by atoms with Crippen LogP contribution in [0.15, 0.2) is 36.8 Å². The van der Waals surface area contributed by atoms with E-state index in [1.165, 1.54) is 19.4 Å². The molecule has 0 saturated heterocycles. The van der Waals surface area contributed by atoms with Crippen LogP contribution in [0.1, 0.15) is 94.3 Å². The van der Waals surface area contributed by atoms with E-state index in [9.17, 15) is 9.59 Å². The SMILES string of the molecule is CC(C)(C)OC(=O)N(CCO[Si](C)(C)C(C)(C)C)c1cnc2c(c1)c(I)cn2C(=O)OC(C)(C)C.CC(C)(C)[Si](C)(C)OCCNc1cnc2c(c1)C(I)=CC2. The number of fused-ring (bicyclic) bond motifs is 2. The van der Waals surface area contributed by atoms with Gasteiger partial charge in [-0.15, -0.1) is 0 Å². The third-order valence-electron chi connectivity index (χ3n) is 10.1. The van der Waals surface area contributed by atoms with Crippen molar-refractivity contribution >= 4 is 100.0 Å². The first-order chi connectivity index (χ1) is 25.4. The fourth-order valence-electron chi connectivity index (χ4n) is 4.88. The molecule has 0 radical (unpaired) electrons. The second-order valence-electron chi connectivity index (χ2n) is 19.1. The Hall–Kier alpha value is -2.07. The predicted molar refractivity (Wildman–Crippen MR) is 252 cm³/mol. The molecule has 0 aliphatic heterocycles. The van der Waals surface area contributed by atoms with Crippen molar-refractivity contribution in [2.75, 3.05) is 36.5 Å². The molecule has 15 heteroatoms. The molecule has 4 rings (SSSR count). The van der Waals surface area contributed by atoms with Crippen LogP contribution < -0.4 is 10.2 Å². The van der Waals surface area contributed by atoms with E-state index in [0.717, 1.165) is 34.2 Å². The second-order valence-corrected chi connectivity index (χ2v) is 31.1. The van der Waals surface area contributed by atoms with Gasteiger partial charge in [-0.1, -0.05) is 47.6 Å². The predicted octanol–water partition coefficient (Wildman–Crippen LogP) is 12.0. The van der Waals surface area contributed by atoms with Gasteiger partial charge in [0, 0.05) is 37.3 Å². The maximum atomic E-state index is 13.2. The zero-order valence-corrected chi connectivity index (χ0v) is 42.8. The quantitative estimate of drug-likeness (QED) is 0.120. The molecular formula is C41H65I2N5O6Si2. The highest BCUT2D eigenvalue weighted by Crippen LogP contribution is 2.38. The van der Waals surface area contributed by atoms with Gasteiger partial charge >= 0.3 is 12.2 Å². The lowest BCUT2D eigenvalue weighted by molar-refractivity contribution is 0.0539. The third-order valence-corrected chi connectivity index (χ3v) is 21.0. The monoisotopic (exact) mass is 1030 g/mol. The van der Waals surface area contributed by atoms with E-state index in [0.29, 0.717) is 24.5 Å². The van der Waals surface area contributed by atoms with Gasteiger partial charge in [0.25, 0.3) is 0 Å². The molecule has 0 spiro atoms. The Balaban J connectivity index is 0.000000340. The topological polar surface area (TPSA) is 117 Å². The van der Waals surface area contributed by atoms with E-state index in [4.69, 9.17) is 18.3 Å². The number of carbonyl (C=O) groups is 2. The number of rotatable bonds is 10. The lowest BCUT2D eigenvalue weighted by atomic mass is 10.2. The molecular weight excluding hydrogens is 968 g/mol. The molecule has 0 fully saturated rings. The number of hydrogen-bond donors (Lipinski definition) is 1. The summed E-state index contributed by atoms with van der Waals surface area (Å²) < 4.78 is 27.2. The van der Waals surface area contributed by atoms with Gasteiger partial charge in [-0.25, -0.2) is 19.1 Å². The van der Waals surface area contributed by atoms with Crippen LogP contribution in [0.4, 0.5) is 21.0 Å². The van der Waals surface area contributed by atoms with E-state index in [1.54, 1.807) is 17.3 Å². The van der Waals surface area contributed by atoms with Crippen LogP contribution in [0.3, 0.4) is 0 Å². The molecule has 312 valence electrons. The lowest BCUT2D eigenvalue weighted by Gasteiger charge is -2.37. The van der Waals surface area contributed by atoms with Gasteiger partial charge in [0.15, 0.2) is 22.3 Å². The van der Waals surface area contributed by atoms with E-state index in [2.05, 4.69) is 140 Å². The van der Waals surface area contributed by atoms with Gasteiger partial charge in [-0.3, -0.25) is 9.88 Å². The lowest BCUT2D eigenvalue weighted by Crippen LogP contribution is -2.44. The molecule has 1 aliphatic carbocycles. The molecule has 1 aliphatic rings. The minimum absolute atomic E-state index is 0.0604. The minimum atomic E-state index is -1.99. The Labute approximate surface area is 365 Å². The fourth-order valence-corrected chi connectivity index (χ4v) is 8.32. The summed E-state index contributed by atoms with van der Waals surface area (Å²) in [7, 11) is -3.62. The van der Waals surface area contributed by atoms with E-state index >= 15 is 0 Å². The number of anilines is 2. The van der Waals surface area contributed by atoms with Crippen LogP contribution in [0.5, 0.6) is 0 Å². The second kappa shape index (κ2) is 18.5. The first-order valence-corrected chi connectivity index (χ1v) is 27.2. The molecule has 1 N–H and O–H groups in total. The highest BCUT2D eigenvalue weighted by molar-refractivity contribution is 14.1. The Bertz CT molecular complexity index is 1890. The summed E-state index contributed by atoms with van der Waals surface area (Å²) in [5.41, 5.74) is 3.29. The van der Waals surface area contributed by atoms with Crippen molar-refractivity contribution < 1.29 is 27.9 Å². The number of nitrogens with zero attached hydrogens (tertiary/aromatic N) is 4. The van der Waals surface area contributed by atoms with Crippen LogP contribution in [0.2, 0.25) is 36.3 Å². The number of pyridine rings is 2. The Morgan fingerprint density at radius 2 is 1.39 bits per heavy atom. The van der Waals surface area contributed by atoms with Crippen LogP contribution in [0.25, 0.3) is 14.6 Å². The molecule has 1 amide bonds. The number of nitrogens with one attached hydrogen (secondary N) is 1. The average molecular weight is 1030 g/mol. The highest BCUT2D eigenvalue weighted by atomic mass is 127. The number of allylic oxidation sites excluding steroid dienone is 1. The molecule has 0 unspecified atom stereocenters. The molecule has 56 heavy (non-hydrogen) atoms. The summed E-state index contributed by atoms with van der Waals surface area (Å²) in [6.07, 6.45) is 7.40. The third kappa shape index (κ3) is 13.5. The smallest absolute Gasteiger partial charge is 0.420 e. The summed E-state index contributed by atoms with van der Waals surface area (Å²) >= 11 is 4.53. The van der Waals surface area contributed by atoms with Crippen LogP contribution >= 0.6 is 45.2 Å². The van der Waals surface area contributed by atoms with Crippen molar-refractivity contribution in [1.29, 1.82) is 0 Å². The standard InChI is InChI=1S/C25H40IN3O5Si.C16H25IN2OSi/c1-23(2,3)33-21(30)28(12-13-32-35(10,11)25(7,8)9)17-14-18-19(26)16-29(20(18)27-15-17)22(31)34-24(4,5)6;1-16(2,3)21(4,5)20-9-8-18-12-10-13-14(17)6-7-15(13)19-11-12/h14-16H,12-13H2,1-11H3;6,10-11,18H,7-9H2,1-5H3. The zero-order chi connectivity index (χ0) is 42.7. The number of halogens is 2. The molecule has 11 nitrogen and oxygen atoms in total. The Morgan fingerprint density at radius 1 is 0.821 bits per heavy atom. The van der Waals surface area contributed by atoms with Gasteiger partial charge in [-0.2, -0.15) is 0 Å². The molecule has 0 atom stereocenters. The largest absolute Gasteiger partial charge is 0.443 e. The van der Waals surface area contributed by atoms with Gasteiger partial charge in [0.2, 0.25) is 0 Å². The summed E-state index contributed by atoms with van der Waals surface area (Å²) in [4.78, 5) is 36.4. The van der Waals surface area contributed by atoms with Crippen LogP contribution in [-0.2, 0) is 24.7 Å². The number of ether oxygens (including phenoxy) is 2. The van der Waals surface area contributed by atoms with E-state index in [1.807, 2.05) is 53.8 Å². The normalized spacial score (nSPS) is 13.8. The number of aromatic nitrogens is 3. The highest BCUT2D eigenvalue weighted by Gasteiger charge is 2.38. The number of amides is 1. The van der Waals surface area contributed by atoms with Crippen molar-refractivity contribution in [3.8, 4) is 0 Å². The van der Waals surface area contributed by atoms with Gasteiger partial charge in [0.05, 0.1) is 49.2 Å². The van der Waals surface area contributed by atoms with Crippen molar-refractivity contribution in [3.05, 3.63) is 51.6 Å². The summed E-state index contributed by atoms with van der Waals surface area (Å²) in [5.74, 6) is 0. The maximum absolute atomic E-state index is 13.2. The molecule has 0 aromatic carbocycles. The zero-order valence-electron chi connectivity index (χ0n) is 36.5. The van der Waals surface area contributed by atoms with Gasteiger partial charge in [0.1, 0.15) is 11.2 Å². The van der Waals surface area contributed by atoms with Crippen molar-refractivity contribution in [2.45, 2.75) is 137 Å². The van der Waals surface area contributed by atoms with Crippen LogP contribution in [0, 0.1) is 3.57 Å². The molecule has 3 aromatic rings. The minimum Gasteiger partial charge on any atom is -0.443 e. The molecule has 0 bridgehead atoms. The Morgan fingerprint density at radius 3 is 1.95 bits per heavy atom. The molecule has 3 aromatic heterocycles. The first-order valence-electron chi connectivity index (χ1n) is 19.2. The summed E-state index contributed by atoms with van der Waals surface area (Å²) in [5, 5.41) is 4.49. The molecule has 0 saturated carbocycles. The van der Waals surface area contributed by atoms with Crippen molar-refractivity contribution in [3.63, 3.8) is 0 Å². The van der Waals surface area contributed by atoms with E-state index < -0.39 is 40.0 Å². The maximum Gasteiger partial charge on any atom is 0.420 e. The molecule has 3 heterocycles. The fraction of sp³-hybridized carbons (Fsp3) is 0.610. The summed E-state index contributed by atoms with van der Waals surface area (Å²) in [6, 6.07) is 4.04. The number of hydrogen-bond acceptors (Lipinski definition) is 9. The number of carbonyl (C=O) groups excluding carboxylic acids is 2.